The molecular weight excluding hydrogens is 652 g/mol. The molecule has 0 atom stereocenters. The Balaban J connectivity index is 0.000000230. The first-order chi connectivity index (χ1) is 18.8. The highest BCUT2D eigenvalue weighted by molar-refractivity contribution is 9.10. The van der Waals surface area contributed by atoms with Gasteiger partial charge in [0.05, 0.1) is 15.7 Å². The molecule has 0 spiro atoms. The van der Waals surface area contributed by atoms with Gasteiger partial charge in [-0.15, -0.1) is 0 Å². The average Bonchev–Trinajstić information content (AvgIpc) is 3.20. The smallest absolute Gasteiger partial charge is 0.381 e. The van der Waals surface area contributed by atoms with Gasteiger partial charge in [0.15, 0.2) is 0 Å². The summed E-state index contributed by atoms with van der Waals surface area (Å²) in [5.41, 5.74) is 0.0775. The summed E-state index contributed by atoms with van der Waals surface area (Å²) in [5.74, 6) is 0. The zero-order chi connectivity index (χ0) is 29.7. The molecule has 0 radical (unpaired) electrons. The fourth-order valence-electron chi connectivity index (χ4n) is 3.90. The number of ether oxygens (including phenoxy) is 1. The molecule has 0 saturated heterocycles. The van der Waals surface area contributed by atoms with Crippen LogP contribution in [0.15, 0.2) is 77.3 Å². The molecule has 0 bridgehead atoms. The van der Waals surface area contributed by atoms with Crippen molar-refractivity contribution in [1.82, 2.24) is 4.57 Å². The van der Waals surface area contributed by atoms with Crippen LogP contribution in [0.4, 0.5) is 13.2 Å². The van der Waals surface area contributed by atoms with Crippen LogP contribution in [0.25, 0.3) is 11.3 Å². The van der Waals surface area contributed by atoms with Crippen LogP contribution in [0.1, 0.15) is 36.2 Å². The maximum Gasteiger partial charge on any atom is 0.432 e. The molecule has 1 heterocycles. The summed E-state index contributed by atoms with van der Waals surface area (Å²) >= 11 is 20.4. The van der Waals surface area contributed by atoms with Crippen molar-refractivity contribution in [3.05, 3.63) is 115 Å². The van der Waals surface area contributed by atoms with E-state index in [2.05, 4.69) is 15.9 Å². The van der Waals surface area contributed by atoms with Crippen molar-refractivity contribution in [1.29, 1.82) is 5.26 Å². The molecule has 0 fully saturated rings. The van der Waals surface area contributed by atoms with Crippen LogP contribution >= 0.6 is 50.7 Å². The van der Waals surface area contributed by atoms with Gasteiger partial charge >= 0.3 is 6.18 Å². The van der Waals surface area contributed by atoms with E-state index < -0.39 is 17.5 Å². The summed E-state index contributed by atoms with van der Waals surface area (Å²) in [6, 6.07) is 22.4. The number of rotatable bonds is 6. The number of nitrogens with zero attached hydrogens (tertiary/aromatic N) is 2. The lowest BCUT2D eigenvalue weighted by Gasteiger charge is -2.24. The molecule has 40 heavy (non-hydrogen) atoms. The Labute approximate surface area is 253 Å². The number of hydrogen-bond donors (Lipinski definition) is 1. The van der Waals surface area contributed by atoms with Crippen molar-refractivity contribution >= 4 is 50.7 Å². The molecule has 210 valence electrons. The molecule has 0 aliphatic heterocycles. The van der Waals surface area contributed by atoms with Crippen molar-refractivity contribution in [3.8, 4) is 17.3 Å². The lowest BCUT2D eigenvalue weighted by atomic mass is 9.88. The zero-order valence-corrected chi connectivity index (χ0v) is 25.1. The number of aliphatic hydroxyl groups is 1. The van der Waals surface area contributed by atoms with Crippen LogP contribution in [-0.2, 0) is 23.2 Å². The standard InChI is InChI=1S/C15H11BrClF3N2O.C14H12Cl2O/c1-2-23-8-22-13(9-3-5-10(17)6-4-9)11(7-21)12(16)14(22)15(18,19)20;1-14(17,10-2-6-12(15)7-3-10)11-4-8-13(16)9-5-11/h3-6H,2,8H2,1H3;2-9,17H,1H3. The first-order valence-corrected chi connectivity index (χ1v) is 13.7. The maximum atomic E-state index is 13.4. The quantitative estimate of drug-likeness (QED) is 0.222. The molecule has 0 aliphatic carbocycles. The molecule has 3 aromatic carbocycles. The highest BCUT2D eigenvalue weighted by Gasteiger charge is 2.40. The van der Waals surface area contributed by atoms with Crippen LogP contribution < -0.4 is 0 Å². The molecular formula is C29H23BrCl3F3N2O2. The molecule has 1 aromatic heterocycles. The van der Waals surface area contributed by atoms with E-state index in [0.29, 0.717) is 20.6 Å². The van der Waals surface area contributed by atoms with Gasteiger partial charge in [-0.25, -0.2) is 0 Å². The Kier molecular flexibility index (Phi) is 10.8. The number of hydrogen-bond acceptors (Lipinski definition) is 3. The van der Waals surface area contributed by atoms with Crippen molar-refractivity contribution in [2.75, 3.05) is 6.61 Å². The minimum Gasteiger partial charge on any atom is -0.381 e. The molecule has 0 aliphatic rings. The van der Waals surface area contributed by atoms with E-state index in [1.165, 1.54) is 0 Å². The van der Waals surface area contributed by atoms with Gasteiger partial charge in [0, 0.05) is 21.7 Å². The highest BCUT2D eigenvalue weighted by Crippen LogP contribution is 2.43. The van der Waals surface area contributed by atoms with Crippen LogP contribution in [0, 0.1) is 11.3 Å². The minimum absolute atomic E-state index is 0.0978. The maximum absolute atomic E-state index is 13.4. The number of alkyl halides is 3. The molecule has 4 rings (SSSR count). The van der Waals surface area contributed by atoms with Crippen LogP contribution in [0.2, 0.25) is 15.1 Å². The predicted octanol–water partition coefficient (Wildman–Crippen LogP) is 9.70. The molecule has 0 amide bonds. The van der Waals surface area contributed by atoms with Gasteiger partial charge in [0.1, 0.15) is 24.1 Å². The number of aromatic nitrogens is 1. The second-order valence-corrected chi connectivity index (χ2v) is 10.7. The predicted molar refractivity (Wildman–Crippen MR) is 155 cm³/mol. The average molecular weight is 675 g/mol. The van der Waals surface area contributed by atoms with Gasteiger partial charge in [0.2, 0.25) is 0 Å². The van der Waals surface area contributed by atoms with E-state index in [1.807, 2.05) is 30.3 Å². The third-order valence-corrected chi connectivity index (χ3v) is 7.47. The summed E-state index contributed by atoms with van der Waals surface area (Å²) < 4.78 is 46.0. The Morgan fingerprint density at radius 1 is 0.875 bits per heavy atom. The first-order valence-electron chi connectivity index (χ1n) is 11.8. The largest absolute Gasteiger partial charge is 0.432 e. The fraction of sp³-hybridized carbons (Fsp3) is 0.207. The van der Waals surface area contributed by atoms with Gasteiger partial charge < -0.3 is 14.4 Å². The van der Waals surface area contributed by atoms with Gasteiger partial charge in [-0.2, -0.15) is 18.4 Å². The summed E-state index contributed by atoms with van der Waals surface area (Å²) in [4.78, 5) is 0. The van der Waals surface area contributed by atoms with Crippen molar-refractivity contribution in [3.63, 3.8) is 0 Å². The van der Waals surface area contributed by atoms with E-state index in [4.69, 9.17) is 39.5 Å². The van der Waals surface area contributed by atoms with Crippen molar-refractivity contribution < 1.29 is 23.0 Å². The second kappa shape index (κ2) is 13.4. The molecule has 11 heteroatoms. The topological polar surface area (TPSA) is 58.2 Å². The number of halogens is 7. The Bertz CT molecular complexity index is 1430. The van der Waals surface area contributed by atoms with E-state index in [0.717, 1.165) is 15.7 Å². The first kappa shape index (κ1) is 32.0. The fourth-order valence-corrected chi connectivity index (χ4v) is 5.00. The molecule has 4 nitrogen and oxygen atoms in total. The number of nitriles is 1. The zero-order valence-electron chi connectivity index (χ0n) is 21.2. The normalized spacial score (nSPS) is 11.5. The SMILES string of the molecule is CC(O)(c1ccc(Cl)cc1)c1ccc(Cl)cc1.CCOCn1c(-c2ccc(Cl)cc2)c(C#N)c(Br)c1C(F)(F)F. The van der Waals surface area contributed by atoms with Gasteiger partial charge in [-0.05, 0) is 82.9 Å². The highest BCUT2D eigenvalue weighted by atomic mass is 79.9. The lowest BCUT2D eigenvalue weighted by Crippen LogP contribution is -2.22. The van der Waals surface area contributed by atoms with Crippen LogP contribution in [0.3, 0.4) is 0 Å². The molecule has 0 saturated carbocycles. The Morgan fingerprint density at radius 2 is 1.30 bits per heavy atom. The molecule has 1 N–H and O–H groups in total. The minimum atomic E-state index is -4.63. The Hall–Kier alpha value is -2.51. The Morgan fingerprint density at radius 3 is 1.68 bits per heavy atom. The van der Waals surface area contributed by atoms with Crippen LogP contribution in [-0.4, -0.2) is 16.3 Å². The third-order valence-electron chi connectivity index (χ3n) is 5.94. The lowest BCUT2D eigenvalue weighted by molar-refractivity contribution is -0.146. The molecule has 4 aromatic rings. The van der Waals surface area contributed by atoms with E-state index >= 15 is 0 Å². The third kappa shape index (κ3) is 7.41. The number of benzene rings is 3. The van der Waals surface area contributed by atoms with Gasteiger partial charge in [-0.3, -0.25) is 0 Å². The van der Waals surface area contributed by atoms with Crippen molar-refractivity contribution in [2.24, 2.45) is 0 Å². The van der Waals surface area contributed by atoms with E-state index in [-0.39, 0.29) is 29.1 Å². The summed E-state index contributed by atoms with van der Waals surface area (Å²) in [6.45, 7) is 3.36. The monoisotopic (exact) mass is 672 g/mol. The van der Waals surface area contributed by atoms with E-state index in [1.54, 1.807) is 62.4 Å². The summed E-state index contributed by atoms with van der Waals surface area (Å²) in [7, 11) is 0. The molecule has 0 unspecified atom stereocenters. The van der Waals surface area contributed by atoms with Crippen LogP contribution in [0.5, 0.6) is 0 Å². The van der Waals surface area contributed by atoms with Gasteiger partial charge in [-0.1, -0.05) is 71.2 Å². The van der Waals surface area contributed by atoms with Crippen molar-refractivity contribution in [2.45, 2.75) is 32.4 Å². The summed E-state index contributed by atoms with van der Waals surface area (Å²) in [5, 5.41) is 21.6. The van der Waals surface area contributed by atoms with E-state index in [9.17, 15) is 23.5 Å². The second-order valence-electron chi connectivity index (χ2n) is 8.64. The summed E-state index contributed by atoms with van der Waals surface area (Å²) in [6.07, 6.45) is -4.63. The van der Waals surface area contributed by atoms with Gasteiger partial charge in [0.25, 0.3) is 0 Å².